The number of hydrogen-bond acceptors (Lipinski definition) is 3. The average Bonchev–Trinajstić information content (AvgIpc) is 2.54. The van der Waals surface area contributed by atoms with Crippen LogP contribution in [0.25, 0.3) is 0 Å². The molecule has 0 saturated carbocycles. The summed E-state index contributed by atoms with van der Waals surface area (Å²) in [7, 11) is 0. The van der Waals surface area contributed by atoms with Crippen molar-refractivity contribution in [3.63, 3.8) is 0 Å². The van der Waals surface area contributed by atoms with Crippen molar-refractivity contribution >= 4 is 41.3 Å². The van der Waals surface area contributed by atoms with Crippen molar-refractivity contribution in [2.24, 2.45) is 0 Å². The van der Waals surface area contributed by atoms with Crippen LogP contribution < -0.4 is 4.90 Å². The van der Waals surface area contributed by atoms with E-state index in [1.165, 1.54) is 11.3 Å². The van der Waals surface area contributed by atoms with Crippen molar-refractivity contribution in [3.05, 3.63) is 29.8 Å². The minimum atomic E-state index is 0. The van der Waals surface area contributed by atoms with E-state index in [2.05, 4.69) is 34.1 Å². The van der Waals surface area contributed by atoms with Gasteiger partial charge in [0, 0.05) is 50.2 Å². The van der Waals surface area contributed by atoms with Gasteiger partial charge in [-0.2, -0.15) is 0 Å². The highest BCUT2D eigenvalue weighted by Gasteiger charge is 2.10. The Kier molecular flexibility index (Phi) is 10.3. The predicted molar refractivity (Wildman–Crippen MR) is 98.3 cm³/mol. The highest BCUT2D eigenvalue weighted by Crippen LogP contribution is 2.16. The largest absolute Gasteiger partial charge is 0.379 e. The molecule has 2 rings (SSSR count). The van der Waals surface area contributed by atoms with E-state index >= 15 is 0 Å². The molecule has 0 aromatic heterocycles. The van der Waals surface area contributed by atoms with Crippen LogP contribution in [0.2, 0.25) is 0 Å². The molecule has 0 aliphatic carbocycles. The van der Waals surface area contributed by atoms with E-state index in [0.717, 1.165) is 52.4 Å². The maximum absolute atomic E-state index is 5.85. The number of morpholine rings is 1. The summed E-state index contributed by atoms with van der Waals surface area (Å²) in [6, 6.07) is 8.78. The Morgan fingerprint density at radius 2 is 1.59 bits per heavy atom. The third-order valence-corrected chi connectivity index (χ3v) is 4.17. The normalized spacial score (nSPS) is 15.4. The quantitative estimate of drug-likeness (QED) is 0.656. The molecule has 126 valence electrons. The number of anilines is 1. The third kappa shape index (κ3) is 6.51. The standard InChI is InChI=1S/C16H24Cl2N2O.ClH/c17-6-9-20(10-7-18)16-3-1-15(2-4-16)5-8-19-11-13-21-14-12-19;/h1-4H,5-14H2;1H. The van der Waals surface area contributed by atoms with Crippen molar-refractivity contribution in [3.8, 4) is 0 Å². The van der Waals surface area contributed by atoms with Crippen LogP contribution in [0.1, 0.15) is 5.56 Å². The lowest BCUT2D eigenvalue weighted by atomic mass is 10.1. The summed E-state index contributed by atoms with van der Waals surface area (Å²) in [5.41, 5.74) is 2.58. The van der Waals surface area contributed by atoms with Gasteiger partial charge >= 0.3 is 0 Å². The molecule has 1 saturated heterocycles. The first-order chi connectivity index (χ1) is 10.3. The Bertz CT molecular complexity index is 391. The first-order valence-corrected chi connectivity index (χ1v) is 8.66. The van der Waals surface area contributed by atoms with Crippen molar-refractivity contribution in [1.29, 1.82) is 0 Å². The van der Waals surface area contributed by atoms with Gasteiger partial charge in [0.15, 0.2) is 0 Å². The number of rotatable bonds is 8. The molecule has 0 spiro atoms. The summed E-state index contributed by atoms with van der Waals surface area (Å²) < 4.78 is 5.37. The number of hydrogen-bond donors (Lipinski definition) is 0. The highest BCUT2D eigenvalue weighted by atomic mass is 35.5. The maximum Gasteiger partial charge on any atom is 0.0594 e. The van der Waals surface area contributed by atoms with Crippen LogP contribution in [-0.4, -0.2) is 62.6 Å². The molecular formula is C16H25Cl3N2O. The molecule has 0 atom stereocenters. The van der Waals surface area contributed by atoms with Crippen LogP contribution in [0.3, 0.4) is 0 Å². The van der Waals surface area contributed by atoms with Crippen LogP contribution in [0.5, 0.6) is 0 Å². The van der Waals surface area contributed by atoms with Crippen LogP contribution in [-0.2, 0) is 11.2 Å². The SMILES string of the molecule is Cl.ClCCN(CCCl)c1ccc(CCN2CCOCC2)cc1. The van der Waals surface area contributed by atoms with Gasteiger partial charge in [-0.25, -0.2) is 0 Å². The lowest BCUT2D eigenvalue weighted by Gasteiger charge is -2.26. The smallest absolute Gasteiger partial charge is 0.0594 e. The van der Waals surface area contributed by atoms with E-state index in [0.29, 0.717) is 11.8 Å². The number of halogens is 3. The monoisotopic (exact) mass is 366 g/mol. The average molecular weight is 368 g/mol. The van der Waals surface area contributed by atoms with Crippen LogP contribution in [0.15, 0.2) is 24.3 Å². The fraction of sp³-hybridized carbons (Fsp3) is 0.625. The second-order valence-electron chi connectivity index (χ2n) is 5.24. The van der Waals surface area contributed by atoms with E-state index < -0.39 is 0 Å². The topological polar surface area (TPSA) is 15.7 Å². The molecule has 0 N–H and O–H groups in total. The molecule has 0 bridgehead atoms. The zero-order valence-corrected chi connectivity index (χ0v) is 15.2. The lowest BCUT2D eigenvalue weighted by molar-refractivity contribution is 0.0384. The predicted octanol–water partition coefficient (Wildman–Crippen LogP) is 3.27. The zero-order valence-electron chi connectivity index (χ0n) is 12.8. The Morgan fingerprint density at radius 3 is 2.14 bits per heavy atom. The number of nitrogens with zero attached hydrogens (tertiary/aromatic N) is 2. The van der Waals surface area contributed by atoms with Gasteiger partial charge in [0.1, 0.15) is 0 Å². The highest BCUT2D eigenvalue weighted by molar-refractivity contribution is 6.18. The third-order valence-electron chi connectivity index (χ3n) is 3.83. The van der Waals surface area contributed by atoms with Crippen LogP contribution in [0, 0.1) is 0 Å². The Balaban J connectivity index is 0.00000242. The number of alkyl halides is 2. The molecule has 1 fully saturated rings. The zero-order chi connectivity index (χ0) is 14.9. The van der Waals surface area contributed by atoms with Crippen molar-refractivity contribution in [1.82, 2.24) is 4.90 Å². The summed E-state index contributed by atoms with van der Waals surface area (Å²) in [6.07, 6.45) is 1.09. The first-order valence-electron chi connectivity index (χ1n) is 7.59. The fourth-order valence-corrected chi connectivity index (χ4v) is 2.97. The summed E-state index contributed by atoms with van der Waals surface area (Å²) >= 11 is 11.7. The van der Waals surface area contributed by atoms with Crippen molar-refractivity contribution < 1.29 is 4.74 Å². The van der Waals surface area contributed by atoms with Gasteiger partial charge in [-0.1, -0.05) is 12.1 Å². The second-order valence-corrected chi connectivity index (χ2v) is 5.99. The van der Waals surface area contributed by atoms with Crippen molar-refractivity contribution in [2.75, 3.05) is 62.6 Å². The molecule has 0 amide bonds. The van der Waals surface area contributed by atoms with Gasteiger partial charge in [-0.15, -0.1) is 35.6 Å². The molecule has 3 nitrogen and oxygen atoms in total. The Hall–Kier alpha value is -0.190. The van der Waals surface area contributed by atoms with E-state index in [1.54, 1.807) is 0 Å². The first kappa shape index (κ1) is 19.9. The maximum atomic E-state index is 5.85. The molecule has 1 aliphatic heterocycles. The Morgan fingerprint density at radius 1 is 1.00 bits per heavy atom. The van der Waals surface area contributed by atoms with Crippen LogP contribution in [0.4, 0.5) is 5.69 Å². The summed E-state index contributed by atoms with van der Waals surface area (Å²) in [4.78, 5) is 4.69. The minimum absolute atomic E-state index is 0. The molecule has 22 heavy (non-hydrogen) atoms. The van der Waals surface area contributed by atoms with Gasteiger partial charge in [-0.05, 0) is 24.1 Å². The number of benzene rings is 1. The van der Waals surface area contributed by atoms with E-state index in [1.807, 2.05) is 0 Å². The minimum Gasteiger partial charge on any atom is -0.379 e. The van der Waals surface area contributed by atoms with E-state index in [-0.39, 0.29) is 12.4 Å². The van der Waals surface area contributed by atoms with E-state index in [4.69, 9.17) is 27.9 Å². The molecular weight excluding hydrogens is 343 g/mol. The molecule has 0 radical (unpaired) electrons. The van der Waals surface area contributed by atoms with Gasteiger partial charge < -0.3 is 9.64 Å². The molecule has 0 unspecified atom stereocenters. The van der Waals surface area contributed by atoms with Gasteiger partial charge in [0.2, 0.25) is 0 Å². The lowest BCUT2D eigenvalue weighted by Crippen LogP contribution is -2.37. The molecule has 1 aromatic rings. The van der Waals surface area contributed by atoms with Crippen molar-refractivity contribution in [2.45, 2.75) is 6.42 Å². The Labute approximate surface area is 149 Å². The van der Waals surface area contributed by atoms with Gasteiger partial charge in [-0.3, -0.25) is 4.90 Å². The van der Waals surface area contributed by atoms with Gasteiger partial charge in [0.05, 0.1) is 13.2 Å². The summed E-state index contributed by atoms with van der Waals surface area (Å²) in [5, 5.41) is 0. The fourth-order valence-electron chi connectivity index (χ4n) is 2.56. The van der Waals surface area contributed by atoms with E-state index in [9.17, 15) is 0 Å². The summed E-state index contributed by atoms with van der Waals surface area (Å²) in [6.45, 7) is 6.61. The van der Waals surface area contributed by atoms with Crippen LogP contribution >= 0.6 is 35.6 Å². The second kappa shape index (κ2) is 11.4. The number of ether oxygens (including phenoxy) is 1. The molecule has 1 aliphatic rings. The van der Waals surface area contributed by atoms with Gasteiger partial charge in [0.25, 0.3) is 0 Å². The summed E-state index contributed by atoms with van der Waals surface area (Å²) in [5.74, 6) is 1.24. The molecule has 1 aromatic carbocycles. The molecule has 6 heteroatoms. The molecule has 1 heterocycles.